The Morgan fingerprint density at radius 2 is 2.20 bits per heavy atom. The lowest BCUT2D eigenvalue weighted by Crippen LogP contribution is -2.01. The SMILES string of the molecule is C=CCn1nc(-c2ccc(C)c([N+](=O)[O-])c2)cc1C=O. The Balaban J connectivity index is 2.51. The van der Waals surface area contributed by atoms with Crippen LogP contribution in [-0.2, 0) is 6.54 Å². The van der Waals surface area contributed by atoms with Gasteiger partial charge in [0.2, 0.25) is 0 Å². The van der Waals surface area contributed by atoms with Crippen LogP contribution in [0.4, 0.5) is 5.69 Å². The number of carbonyl (C=O) groups is 1. The quantitative estimate of drug-likeness (QED) is 0.362. The second-order valence-electron chi connectivity index (χ2n) is 4.30. The molecule has 6 nitrogen and oxygen atoms in total. The van der Waals surface area contributed by atoms with Crippen molar-refractivity contribution in [1.82, 2.24) is 9.78 Å². The molecule has 0 spiro atoms. The van der Waals surface area contributed by atoms with Gasteiger partial charge in [-0.2, -0.15) is 5.10 Å². The van der Waals surface area contributed by atoms with Crippen LogP contribution in [0.25, 0.3) is 11.3 Å². The van der Waals surface area contributed by atoms with Crippen molar-refractivity contribution in [3.63, 3.8) is 0 Å². The number of benzene rings is 1. The second-order valence-corrected chi connectivity index (χ2v) is 4.30. The van der Waals surface area contributed by atoms with Gasteiger partial charge in [-0.25, -0.2) is 0 Å². The Labute approximate surface area is 115 Å². The summed E-state index contributed by atoms with van der Waals surface area (Å²) < 4.78 is 1.50. The minimum atomic E-state index is -0.430. The molecule has 1 heterocycles. The number of hydrogen-bond donors (Lipinski definition) is 0. The predicted molar refractivity (Wildman–Crippen MR) is 74.6 cm³/mol. The molecule has 0 atom stereocenters. The zero-order chi connectivity index (χ0) is 14.7. The van der Waals surface area contributed by atoms with E-state index in [9.17, 15) is 14.9 Å². The number of carbonyl (C=O) groups excluding carboxylic acids is 1. The fourth-order valence-corrected chi connectivity index (χ4v) is 1.90. The Morgan fingerprint density at radius 3 is 2.80 bits per heavy atom. The Hall–Kier alpha value is -2.76. The van der Waals surface area contributed by atoms with Crippen molar-refractivity contribution in [3.8, 4) is 11.3 Å². The van der Waals surface area contributed by atoms with Crippen molar-refractivity contribution in [2.24, 2.45) is 0 Å². The number of nitro benzene ring substituents is 1. The lowest BCUT2D eigenvalue weighted by Gasteiger charge is -2.00. The smallest absolute Gasteiger partial charge is 0.272 e. The zero-order valence-electron chi connectivity index (χ0n) is 10.9. The van der Waals surface area contributed by atoms with E-state index in [1.165, 1.54) is 10.7 Å². The molecule has 0 bridgehead atoms. The standard InChI is InChI=1S/C14H13N3O3/c1-3-6-16-12(9-18)8-13(15-16)11-5-4-10(2)14(7-11)17(19)20/h3-5,7-9H,1,6H2,2H3. The molecule has 102 valence electrons. The summed E-state index contributed by atoms with van der Waals surface area (Å²) in [4.78, 5) is 21.5. The van der Waals surface area contributed by atoms with Crippen molar-refractivity contribution < 1.29 is 9.72 Å². The third-order valence-corrected chi connectivity index (χ3v) is 2.94. The van der Waals surface area contributed by atoms with Gasteiger partial charge in [-0.3, -0.25) is 19.6 Å². The van der Waals surface area contributed by atoms with Gasteiger partial charge in [0.25, 0.3) is 5.69 Å². The summed E-state index contributed by atoms with van der Waals surface area (Å²) in [6, 6.07) is 6.48. The van der Waals surface area contributed by atoms with Gasteiger partial charge in [0.05, 0.1) is 17.2 Å². The highest BCUT2D eigenvalue weighted by atomic mass is 16.6. The van der Waals surface area contributed by atoms with Gasteiger partial charge >= 0.3 is 0 Å². The second kappa shape index (κ2) is 5.48. The molecule has 1 aromatic carbocycles. The molecule has 1 aromatic heterocycles. The average Bonchev–Trinajstić information content (AvgIpc) is 2.82. The molecule has 20 heavy (non-hydrogen) atoms. The van der Waals surface area contributed by atoms with Crippen LogP contribution in [0, 0.1) is 17.0 Å². The lowest BCUT2D eigenvalue weighted by atomic mass is 10.1. The van der Waals surface area contributed by atoms with E-state index in [2.05, 4.69) is 11.7 Å². The van der Waals surface area contributed by atoms with Crippen LogP contribution >= 0.6 is 0 Å². The van der Waals surface area contributed by atoms with Crippen LogP contribution < -0.4 is 0 Å². The molecule has 2 aromatic rings. The number of nitrogens with zero attached hydrogens (tertiary/aromatic N) is 3. The monoisotopic (exact) mass is 271 g/mol. The molecule has 0 saturated carbocycles. The molecule has 0 aliphatic heterocycles. The average molecular weight is 271 g/mol. The van der Waals surface area contributed by atoms with Crippen molar-refractivity contribution in [1.29, 1.82) is 0 Å². The molecule has 0 unspecified atom stereocenters. The summed E-state index contributed by atoms with van der Waals surface area (Å²) in [5.41, 5.74) is 2.15. The van der Waals surface area contributed by atoms with E-state index in [1.54, 1.807) is 31.2 Å². The topological polar surface area (TPSA) is 78.0 Å². The maximum Gasteiger partial charge on any atom is 0.272 e. The van der Waals surface area contributed by atoms with E-state index in [0.717, 1.165) is 0 Å². The van der Waals surface area contributed by atoms with Crippen molar-refractivity contribution >= 4 is 12.0 Å². The van der Waals surface area contributed by atoms with Crippen LogP contribution in [-0.4, -0.2) is 21.0 Å². The maximum absolute atomic E-state index is 11.0. The molecule has 0 N–H and O–H groups in total. The largest absolute Gasteiger partial charge is 0.296 e. The predicted octanol–water partition coefficient (Wildman–Crippen LogP) is 2.77. The number of rotatable bonds is 5. The van der Waals surface area contributed by atoms with Gasteiger partial charge in [0.15, 0.2) is 6.29 Å². The minimum absolute atomic E-state index is 0.0356. The highest BCUT2D eigenvalue weighted by Crippen LogP contribution is 2.26. The maximum atomic E-state index is 11.0. The molecule has 0 aliphatic carbocycles. The number of aryl methyl sites for hydroxylation is 1. The van der Waals surface area contributed by atoms with E-state index in [4.69, 9.17) is 0 Å². The molecule has 2 rings (SSSR count). The zero-order valence-corrected chi connectivity index (χ0v) is 10.9. The van der Waals surface area contributed by atoms with E-state index < -0.39 is 4.92 Å². The molecule has 0 saturated heterocycles. The third kappa shape index (κ3) is 2.49. The molecule has 0 radical (unpaired) electrons. The first-order valence-electron chi connectivity index (χ1n) is 5.96. The van der Waals surface area contributed by atoms with Crippen LogP contribution in [0.15, 0.2) is 36.9 Å². The summed E-state index contributed by atoms with van der Waals surface area (Å²) in [6.45, 7) is 5.68. The molecule has 0 aliphatic rings. The van der Waals surface area contributed by atoms with E-state index in [0.29, 0.717) is 35.3 Å². The van der Waals surface area contributed by atoms with Gasteiger partial charge in [0.1, 0.15) is 5.69 Å². The first-order valence-corrected chi connectivity index (χ1v) is 5.96. The van der Waals surface area contributed by atoms with Crippen LogP contribution in [0.1, 0.15) is 16.1 Å². The number of aldehydes is 1. The first kappa shape index (κ1) is 13.7. The minimum Gasteiger partial charge on any atom is -0.296 e. The molecule has 6 heteroatoms. The van der Waals surface area contributed by atoms with Gasteiger partial charge in [0, 0.05) is 17.2 Å². The summed E-state index contributed by atoms with van der Waals surface area (Å²) in [5.74, 6) is 0. The van der Waals surface area contributed by atoms with Crippen molar-refractivity contribution in [2.45, 2.75) is 13.5 Å². The molecule has 0 amide bonds. The van der Waals surface area contributed by atoms with Gasteiger partial charge in [-0.15, -0.1) is 6.58 Å². The Bertz CT molecular complexity index is 689. The van der Waals surface area contributed by atoms with Crippen LogP contribution in [0.5, 0.6) is 0 Å². The highest BCUT2D eigenvalue weighted by Gasteiger charge is 2.14. The van der Waals surface area contributed by atoms with Gasteiger partial charge in [-0.1, -0.05) is 18.2 Å². The van der Waals surface area contributed by atoms with Crippen LogP contribution in [0.2, 0.25) is 0 Å². The summed E-state index contributed by atoms with van der Waals surface area (Å²) in [7, 11) is 0. The first-order chi connectivity index (χ1) is 9.56. The lowest BCUT2D eigenvalue weighted by molar-refractivity contribution is -0.385. The Morgan fingerprint density at radius 1 is 1.45 bits per heavy atom. The van der Waals surface area contributed by atoms with E-state index in [1.807, 2.05) is 0 Å². The summed E-state index contributed by atoms with van der Waals surface area (Å²) in [6.07, 6.45) is 2.32. The van der Waals surface area contributed by atoms with E-state index >= 15 is 0 Å². The third-order valence-electron chi connectivity index (χ3n) is 2.94. The summed E-state index contributed by atoms with van der Waals surface area (Å²) >= 11 is 0. The fourth-order valence-electron chi connectivity index (χ4n) is 1.90. The number of nitro groups is 1. The normalized spacial score (nSPS) is 10.2. The highest BCUT2D eigenvalue weighted by molar-refractivity contribution is 5.76. The van der Waals surface area contributed by atoms with Crippen LogP contribution in [0.3, 0.4) is 0 Å². The number of aromatic nitrogens is 2. The molecular weight excluding hydrogens is 258 g/mol. The van der Waals surface area contributed by atoms with Crippen molar-refractivity contribution in [3.05, 3.63) is 58.3 Å². The summed E-state index contributed by atoms with van der Waals surface area (Å²) in [5, 5.41) is 15.2. The van der Waals surface area contributed by atoms with Gasteiger partial charge < -0.3 is 0 Å². The Kier molecular flexibility index (Phi) is 3.74. The fraction of sp³-hybridized carbons (Fsp3) is 0.143. The van der Waals surface area contributed by atoms with Gasteiger partial charge in [-0.05, 0) is 13.0 Å². The molecule has 0 fully saturated rings. The van der Waals surface area contributed by atoms with Crippen molar-refractivity contribution in [2.75, 3.05) is 0 Å². The molecular formula is C14H13N3O3. The number of allylic oxidation sites excluding steroid dienone is 1. The van der Waals surface area contributed by atoms with E-state index in [-0.39, 0.29) is 5.69 Å². The number of hydrogen-bond acceptors (Lipinski definition) is 4.